The maximum Gasteiger partial charge on any atom is 0.254 e. The lowest BCUT2D eigenvalue weighted by molar-refractivity contribution is -0.138. The van der Waals surface area contributed by atoms with Crippen LogP contribution in [0.25, 0.3) is 11.0 Å². The SMILES string of the molecule is CC(C)c1cc(C(=O)N2CCC(C(=O)N3CCN(C)CC3)CC2)c2cnn(C(C)C)c2n1. The van der Waals surface area contributed by atoms with Crippen LogP contribution < -0.4 is 0 Å². The Labute approximate surface area is 190 Å². The molecule has 2 aromatic rings. The smallest absolute Gasteiger partial charge is 0.254 e. The van der Waals surface area contributed by atoms with Crippen LogP contribution in [0.2, 0.25) is 0 Å². The maximum atomic E-state index is 13.5. The number of carbonyl (C=O) groups is 2. The highest BCUT2D eigenvalue weighted by Gasteiger charge is 2.32. The van der Waals surface area contributed by atoms with E-state index in [1.807, 2.05) is 20.5 Å². The number of piperidine rings is 1. The molecule has 8 heteroatoms. The minimum atomic E-state index is 0.0214. The number of carbonyl (C=O) groups excluding carboxylic acids is 2. The number of pyridine rings is 1. The van der Waals surface area contributed by atoms with Gasteiger partial charge in [0.1, 0.15) is 0 Å². The number of aromatic nitrogens is 3. The first kappa shape index (κ1) is 22.7. The summed E-state index contributed by atoms with van der Waals surface area (Å²) in [5.74, 6) is 0.521. The molecular formula is C24H36N6O2. The van der Waals surface area contributed by atoms with Crippen LogP contribution in [0.3, 0.4) is 0 Å². The van der Waals surface area contributed by atoms with Gasteiger partial charge in [0.05, 0.1) is 17.1 Å². The summed E-state index contributed by atoms with van der Waals surface area (Å²) in [6.45, 7) is 13.0. The number of fused-ring (bicyclic) bond motifs is 1. The standard InChI is InChI=1S/C24H36N6O2/c1-16(2)21-14-19(20-15-25-30(17(3)4)22(20)26-21)24(32)28-8-6-18(7-9-28)23(31)29-12-10-27(5)11-13-29/h14-18H,6-13H2,1-5H3. The zero-order chi connectivity index (χ0) is 23.0. The number of likely N-dealkylation sites (tertiary alicyclic amines) is 1. The van der Waals surface area contributed by atoms with Gasteiger partial charge in [0.2, 0.25) is 5.91 Å². The molecule has 2 amide bonds. The molecule has 2 aromatic heterocycles. The van der Waals surface area contributed by atoms with Crippen LogP contribution in [0.5, 0.6) is 0 Å². The van der Waals surface area contributed by atoms with E-state index in [2.05, 4.69) is 44.7 Å². The first-order chi connectivity index (χ1) is 15.3. The van der Waals surface area contributed by atoms with Gasteiger partial charge in [-0.05, 0) is 45.7 Å². The van der Waals surface area contributed by atoms with E-state index in [0.717, 1.165) is 55.7 Å². The quantitative estimate of drug-likeness (QED) is 0.731. The van der Waals surface area contributed by atoms with Gasteiger partial charge in [-0.3, -0.25) is 9.59 Å². The molecule has 174 valence electrons. The second kappa shape index (κ2) is 9.17. The van der Waals surface area contributed by atoms with Crippen molar-refractivity contribution in [3.63, 3.8) is 0 Å². The van der Waals surface area contributed by atoms with Crippen molar-refractivity contribution in [2.45, 2.75) is 52.5 Å². The second-order valence-corrected chi connectivity index (χ2v) is 9.86. The normalized spacial score (nSPS) is 18.8. The Balaban J connectivity index is 1.50. The van der Waals surface area contributed by atoms with E-state index in [4.69, 9.17) is 4.98 Å². The molecule has 32 heavy (non-hydrogen) atoms. The molecule has 0 aromatic carbocycles. The van der Waals surface area contributed by atoms with Crippen molar-refractivity contribution in [3.05, 3.63) is 23.5 Å². The molecule has 2 saturated heterocycles. The lowest BCUT2D eigenvalue weighted by Crippen LogP contribution is -2.51. The minimum absolute atomic E-state index is 0.0214. The Morgan fingerprint density at radius 2 is 1.62 bits per heavy atom. The van der Waals surface area contributed by atoms with Gasteiger partial charge in [0, 0.05) is 56.9 Å². The molecule has 0 aliphatic carbocycles. The molecule has 2 aliphatic heterocycles. The Kier molecular flexibility index (Phi) is 6.51. The van der Waals surface area contributed by atoms with Gasteiger partial charge >= 0.3 is 0 Å². The second-order valence-electron chi connectivity index (χ2n) is 9.86. The summed E-state index contributed by atoms with van der Waals surface area (Å²) in [7, 11) is 2.09. The Morgan fingerprint density at radius 1 is 0.969 bits per heavy atom. The molecule has 0 bridgehead atoms. The van der Waals surface area contributed by atoms with Crippen molar-refractivity contribution in [2.75, 3.05) is 46.3 Å². The first-order valence-electron chi connectivity index (χ1n) is 11.9. The first-order valence-corrected chi connectivity index (χ1v) is 11.9. The fourth-order valence-electron chi connectivity index (χ4n) is 4.67. The highest BCUT2D eigenvalue weighted by molar-refractivity contribution is 6.05. The number of piperazine rings is 1. The van der Waals surface area contributed by atoms with E-state index in [9.17, 15) is 9.59 Å². The van der Waals surface area contributed by atoms with Crippen LogP contribution in [0.4, 0.5) is 0 Å². The number of hydrogen-bond donors (Lipinski definition) is 0. The molecule has 2 aliphatic rings. The molecular weight excluding hydrogens is 404 g/mol. The molecule has 0 saturated carbocycles. The van der Waals surface area contributed by atoms with Gasteiger partial charge in [-0.1, -0.05) is 13.8 Å². The van der Waals surface area contributed by atoms with Crippen molar-refractivity contribution >= 4 is 22.8 Å². The predicted molar refractivity (Wildman–Crippen MR) is 125 cm³/mol. The van der Waals surface area contributed by atoms with E-state index < -0.39 is 0 Å². The van der Waals surface area contributed by atoms with Crippen LogP contribution in [-0.2, 0) is 4.79 Å². The number of rotatable bonds is 4. The summed E-state index contributed by atoms with van der Waals surface area (Å²) in [6, 6.07) is 2.10. The molecule has 0 unspecified atom stereocenters. The average Bonchev–Trinajstić information content (AvgIpc) is 3.22. The number of likely N-dealkylation sites (N-methyl/N-ethyl adjacent to an activating group) is 1. The van der Waals surface area contributed by atoms with Gasteiger partial charge < -0.3 is 14.7 Å². The molecule has 8 nitrogen and oxygen atoms in total. The van der Waals surface area contributed by atoms with E-state index in [0.29, 0.717) is 18.7 Å². The number of hydrogen-bond acceptors (Lipinski definition) is 5. The van der Waals surface area contributed by atoms with Crippen LogP contribution >= 0.6 is 0 Å². The van der Waals surface area contributed by atoms with Crippen LogP contribution in [0.15, 0.2) is 12.3 Å². The zero-order valence-corrected chi connectivity index (χ0v) is 20.0. The fraction of sp³-hybridized carbons (Fsp3) is 0.667. The highest BCUT2D eigenvalue weighted by Crippen LogP contribution is 2.27. The molecule has 2 fully saturated rings. The third-order valence-electron chi connectivity index (χ3n) is 6.84. The van der Waals surface area contributed by atoms with Gasteiger partial charge in [0.25, 0.3) is 5.91 Å². The zero-order valence-electron chi connectivity index (χ0n) is 20.0. The fourth-order valence-corrected chi connectivity index (χ4v) is 4.67. The van der Waals surface area contributed by atoms with Gasteiger partial charge in [-0.25, -0.2) is 9.67 Å². The molecule has 0 N–H and O–H groups in total. The van der Waals surface area contributed by atoms with Crippen molar-refractivity contribution in [2.24, 2.45) is 5.92 Å². The minimum Gasteiger partial charge on any atom is -0.340 e. The molecule has 0 atom stereocenters. The van der Waals surface area contributed by atoms with Crippen LogP contribution in [0, 0.1) is 5.92 Å². The average molecular weight is 441 g/mol. The number of amides is 2. The summed E-state index contributed by atoms with van der Waals surface area (Å²) in [5.41, 5.74) is 2.35. The summed E-state index contributed by atoms with van der Waals surface area (Å²) in [5, 5.41) is 5.31. The summed E-state index contributed by atoms with van der Waals surface area (Å²) in [4.78, 5) is 37.5. The van der Waals surface area contributed by atoms with Gasteiger partial charge in [-0.15, -0.1) is 0 Å². The van der Waals surface area contributed by atoms with Crippen LogP contribution in [0.1, 0.15) is 68.5 Å². The molecule has 4 heterocycles. The maximum absolute atomic E-state index is 13.5. The Morgan fingerprint density at radius 3 is 2.22 bits per heavy atom. The van der Waals surface area contributed by atoms with E-state index in [1.54, 1.807) is 6.20 Å². The van der Waals surface area contributed by atoms with E-state index in [1.165, 1.54) is 0 Å². The summed E-state index contributed by atoms with van der Waals surface area (Å²) < 4.78 is 1.89. The largest absolute Gasteiger partial charge is 0.340 e. The molecule has 0 spiro atoms. The van der Waals surface area contributed by atoms with Crippen molar-refractivity contribution < 1.29 is 9.59 Å². The third-order valence-corrected chi connectivity index (χ3v) is 6.84. The Bertz CT molecular complexity index is 982. The van der Waals surface area contributed by atoms with Gasteiger partial charge in [0.15, 0.2) is 5.65 Å². The third kappa shape index (κ3) is 4.37. The lowest BCUT2D eigenvalue weighted by atomic mass is 9.94. The summed E-state index contributed by atoms with van der Waals surface area (Å²) >= 11 is 0. The molecule has 0 radical (unpaired) electrons. The van der Waals surface area contributed by atoms with Gasteiger partial charge in [-0.2, -0.15) is 5.10 Å². The van der Waals surface area contributed by atoms with Crippen molar-refractivity contribution in [1.82, 2.24) is 29.5 Å². The predicted octanol–water partition coefficient (Wildman–Crippen LogP) is 2.76. The summed E-state index contributed by atoms with van der Waals surface area (Å²) in [6.07, 6.45) is 3.23. The topological polar surface area (TPSA) is 74.6 Å². The Hall–Kier alpha value is -2.48. The monoisotopic (exact) mass is 440 g/mol. The molecule has 4 rings (SSSR count). The lowest BCUT2D eigenvalue weighted by Gasteiger charge is -2.37. The van der Waals surface area contributed by atoms with E-state index in [-0.39, 0.29) is 29.7 Å². The highest BCUT2D eigenvalue weighted by atomic mass is 16.2. The van der Waals surface area contributed by atoms with Crippen LogP contribution in [-0.4, -0.2) is 87.6 Å². The number of nitrogens with zero attached hydrogens (tertiary/aromatic N) is 6. The van der Waals surface area contributed by atoms with E-state index >= 15 is 0 Å². The van der Waals surface area contributed by atoms with Crippen molar-refractivity contribution in [3.8, 4) is 0 Å². The van der Waals surface area contributed by atoms with Crippen molar-refractivity contribution in [1.29, 1.82) is 0 Å².